The molecule has 1 heterocycles. The lowest BCUT2D eigenvalue weighted by Gasteiger charge is -2.23. The van der Waals surface area contributed by atoms with Crippen LogP contribution in [-0.2, 0) is 13.1 Å². The predicted octanol–water partition coefficient (Wildman–Crippen LogP) is 3.57. The van der Waals surface area contributed by atoms with Crippen molar-refractivity contribution in [3.63, 3.8) is 0 Å². The third-order valence-electron chi connectivity index (χ3n) is 3.49. The molecule has 0 aliphatic carbocycles. The molecule has 0 unspecified atom stereocenters. The van der Waals surface area contributed by atoms with Gasteiger partial charge in [0.25, 0.3) is 0 Å². The number of aromatic nitrogens is 2. The van der Waals surface area contributed by atoms with Crippen molar-refractivity contribution in [2.45, 2.75) is 20.0 Å². The van der Waals surface area contributed by atoms with E-state index in [-0.39, 0.29) is 0 Å². The molecular weight excluding hydrogens is 286 g/mol. The van der Waals surface area contributed by atoms with Gasteiger partial charge in [0.15, 0.2) is 0 Å². The molecule has 3 aromatic rings. The molecule has 23 heavy (non-hydrogen) atoms. The van der Waals surface area contributed by atoms with Crippen LogP contribution < -0.4 is 4.90 Å². The predicted molar refractivity (Wildman–Crippen MR) is 89.7 cm³/mol. The molecule has 0 amide bonds. The van der Waals surface area contributed by atoms with E-state index in [1.54, 1.807) is 6.92 Å². The van der Waals surface area contributed by atoms with Crippen molar-refractivity contribution in [1.29, 1.82) is 0 Å². The molecule has 0 atom stereocenters. The minimum Gasteiger partial charge on any atom is -0.424 e. The van der Waals surface area contributed by atoms with E-state index in [0.717, 1.165) is 17.8 Å². The minimum absolute atomic E-state index is 0.532. The zero-order valence-corrected chi connectivity index (χ0v) is 12.9. The largest absolute Gasteiger partial charge is 0.424 e. The Balaban J connectivity index is 1.90. The lowest BCUT2D eigenvalue weighted by Crippen LogP contribution is -2.22. The van der Waals surface area contributed by atoms with E-state index in [1.807, 2.05) is 42.5 Å². The fourth-order valence-electron chi connectivity index (χ4n) is 2.40. The van der Waals surface area contributed by atoms with E-state index in [2.05, 4.69) is 33.2 Å². The van der Waals surface area contributed by atoms with Gasteiger partial charge in [-0.25, -0.2) is 0 Å². The molecule has 2 aromatic carbocycles. The molecule has 0 spiro atoms. The highest BCUT2D eigenvalue weighted by atomic mass is 16.4. The van der Waals surface area contributed by atoms with Crippen molar-refractivity contribution in [2.75, 3.05) is 4.90 Å². The Labute approximate surface area is 135 Å². The van der Waals surface area contributed by atoms with E-state index in [4.69, 9.17) is 10.8 Å². The average Bonchev–Trinajstić information content (AvgIpc) is 3.00. The Bertz CT molecular complexity index is 818. The molecule has 4 nitrogen and oxygen atoms in total. The molecule has 0 bridgehead atoms. The lowest BCUT2D eigenvalue weighted by atomic mass is 10.1. The van der Waals surface area contributed by atoms with Crippen LogP contribution in [0.2, 0.25) is 0 Å². The minimum atomic E-state index is 0.532. The second-order valence-corrected chi connectivity index (χ2v) is 5.25. The van der Waals surface area contributed by atoms with E-state index in [0.29, 0.717) is 18.3 Å². The van der Waals surface area contributed by atoms with Crippen molar-refractivity contribution >= 4 is 5.69 Å². The Morgan fingerprint density at radius 1 is 1.04 bits per heavy atom. The van der Waals surface area contributed by atoms with E-state index < -0.39 is 0 Å². The summed E-state index contributed by atoms with van der Waals surface area (Å²) in [6.45, 7) is 3.05. The average molecular weight is 303 g/mol. The Morgan fingerprint density at radius 2 is 1.87 bits per heavy atom. The van der Waals surface area contributed by atoms with Crippen LogP contribution in [0.3, 0.4) is 0 Å². The quantitative estimate of drug-likeness (QED) is 0.676. The number of hydrogen-bond acceptors (Lipinski definition) is 4. The number of aryl methyl sites for hydroxylation is 1. The summed E-state index contributed by atoms with van der Waals surface area (Å²) in [6, 6.07) is 18.2. The summed E-state index contributed by atoms with van der Waals surface area (Å²) in [6.07, 6.45) is 5.52. The number of hydrogen-bond donors (Lipinski definition) is 0. The number of terminal acetylenes is 1. The van der Waals surface area contributed by atoms with Crippen LogP contribution in [0.1, 0.15) is 22.9 Å². The number of nitrogens with zero attached hydrogens (tertiary/aromatic N) is 3. The molecule has 0 saturated heterocycles. The van der Waals surface area contributed by atoms with Gasteiger partial charge in [-0.05, 0) is 23.8 Å². The first kappa shape index (κ1) is 14.9. The highest BCUT2D eigenvalue weighted by molar-refractivity contribution is 5.52. The summed E-state index contributed by atoms with van der Waals surface area (Å²) in [4.78, 5) is 2.17. The fraction of sp³-hybridized carbons (Fsp3) is 0.158. The normalized spacial score (nSPS) is 10.3. The van der Waals surface area contributed by atoms with Gasteiger partial charge in [-0.2, -0.15) is 0 Å². The maximum absolute atomic E-state index is 5.53. The molecule has 0 saturated carbocycles. The second kappa shape index (κ2) is 6.80. The summed E-state index contributed by atoms with van der Waals surface area (Å²) in [5, 5.41) is 8.00. The van der Waals surface area contributed by atoms with Crippen LogP contribution in [-0.4, -0.2) is 10.2 Å². The van der Waals surface area contributed by atoms with Gasteiger partial charge in [0.1, 0.15) is 0 Å². The summed E-state index contributed by atoms with van der Waals surface area (Å²) >= 11 is 0. The zero-order chi connectivity index (χ0) is 16.1. The third kappa shape index (κ3) is 3.78. The van der Waals surface area contributed by atoms with Crippen molar-refractivity contribution in [3.8, 4) is 12.3 Å². The van der Waals surface area contributed by atoms with Gasteiger partial charge in [0, 0.05) is 24.7 Å². The molecular formula is C19H17N3O. The fourth-order valence-corrected chi connectivity index (χ4v) is 2.40. The van der Waals surface area contributed by atoms with Crippen LogP contribution in [0.25, 0.3) is 0 Å². The van der Waals surface area contributed by atoms with Crippen LogP contribution in [0.15, 0.2) is 59.0 Å². The van der Waals surface area contributed by atoms with Gasteiger partial charge in [0.05, 0.1) is 6.54 Å². The Hall–Kier alpha value is -3.06. The molecule has 114 valence electrons. The first-order valence-electron chi connectivity index (χ1n) is 7.39. The maximum atomic E-state index is 5.53. The van der Waals surface area contributed by atoms with Gasteiger partial charge >= 0.3 is 0 Å². The van der Waals surface area contributed by atoms with E-state index in [1.165, 1.54) is 5.56 Å². The Morgan fingerprint density at radius 3 is 2.57 bits per heavy atom. The van der Waals surface area contributed by atoms with Gasteiger partial charge < -0.3 is 9.32 Å². The molecule has 0 radical (unpaired) electrons. The lowest BCUT2D eigenvalue weighted by molar-refractivity contribution is 0.461. The molecule has 3 rings (SSSR count). The molecule has 0 fully saturated rings. The van der Waals surface area contributed by atoms with Gasteiger partial charge in [0.2, 0.25) is 11.8 Å². The molecule has 0 N–H and O–H groups in total. The van der Waals surface area contributed by atoms with Gasteiger partial charge in [-0.1, -0.05) is 42.3 Å². The third-order valence-corrected chi connectivity index (χ3v) is 3.49. The van der Waals surface area contributed by atoms with Gasteiger partial charge in [-0.3, -0.25) is 0 Å². The topological polar surface area (TPSA) is 42.2 Å². The zero-order valence-electron chi connectivity index (χ0n) is 12.9. The Kier molecular flexibility index (Phi) is 4.39. The number of anilines is 1. The SMILES string of the molecule is C#Cc1cccc(N(Cc2ccccc2)Cc2nnc(C)o2)c1. The van der Waals surface area contributed by atoms with Crippen LogP contribution in [0, 0.1) is 19.3 Å². The number of rotatable bonds is 5. The van der Waals surface area contributed by atoms with Crippen molar-refractivity contribution in [2.24, 2.45) is 0 Å². The monoisotopic (exact) mass is 303 g/mol. The highest BCUT2D eigenvalue weighted by Gasteiger charge is 2.13. The summed E-state index contributed by atoms with van der Waals surface area (Å²) < 4.78 is 5.53. The molecule has 0 aliphatic rings. The van der Waals surface area contributed by atoms with E-state index in [9.17, 15) is 0 Å². The maximum Gasteiger partial charge on any atom is 0.235 e. The first-order valence-corrected chi connectivity index (χ1v) is 7.39. The van der Waals surface area contributed by atoms with Crippen LogP contribution in [0.4, 0.5) is 5.69 Å². The van der Waals surface area contributed by atoms with Crippen molar-refractivity contribution < 1.29 is 4.42 Å². The molecule has 0 aliphatic heterocycles. The summed E-state index contributed by atoms with van der Waals surface area (Å²) in [7, 11) is 0. The summed E-state index contributed by atoms with van der Waals surface area (Å²) in [5.74, 6) is 3.83. The standard InChI is InChI=1S/C19H17N3O/c1-3-16-10-7-11-18(12-16)22(13-17-8-5-4-6-9-17)14-19-21-20-15(2)23-19/h1,4-12H,13-14H2,2H3. The number of benzene rings is 2. The van der Waals surface area contributed by atoms with Crippen LogP contribution >= 0.6 is 0 Å². The summed E-state index contributed by atoms with van der Waals surface area (Å²) in [5.41, 5.74) is 3.08. The first-order chi connectivity index (χ1) is 11.2. The molecule has 4 heteroatoms. The van der Waals surface area contributed by atoms with Crippen molar-refractivity contribution in [1.82, 2.24) is 10.2 Å². The molecule has 1 aromatic heterocycles. The highest BCUT2D eigenvalue weighted by Crippen LogP contribution is 2.21. The van der Waals surface area contributed by atoms with Gasteiger partial charge in [-0.15, -0.1) is 16.6 Å². The van der Waals surface area contributed by atoms with E-state index >= 15 is 0 Å². The van der Waals surface area contributed by atoms with Crippen LogP contribution in [0.5, 0.6) is 0 Å². The smallest absolute Gasteiger partial charge is 0.235 e. The van der Waals surface area contributed by atoms with Crippen molar-refractivity contribution in [3.05, 3.63) is 77.5 Å². The second-order valence-electron chi connectivity index (χ2n) is 5.25.